The van der Waals surface area contributed by atoms with E-state index >= 15 is 0 Å². The summed E-state index contributed by atoms with van der Waals surface area (Å²) in [4.78, 5) is 26.8. The molecule has 0 saturated carbocycles. The predicted molar refractivity (Wildman–Crippen MR) is 125 cm³/mol. The summed E-state index contributed by atoms with van der Waals surface area (Å²) in [7, 11) is 1.35. The Morgan fingerprint density at radius 2 is 1.65 bits per heavy atom. The van der Waals surface area contributed by atoms with Crippen molar-refractivity contribution in [2.24, 2.45) is 0 Å². The third-order valence-corrected chi connectivity index (χ3v) is 7.32. The molecule has 3 aliphatic rings. The first-order chi connectivity index (χ1) is 17.3. The first-order valence-corrected chi connectivity index (χ1v) is 11.8. The number of phenolic OH excluding ortho intramolecular Hbond substituents is 2. The van der Waals surface area contributed by atoms with Gasteiger partial charge in [-0.3, -0.25) is 9.59 Å². The van der Waals surface area contributed by atoms with E-state index < -0.39 is 65.5 Å². The predicted octanol–water partition coefficient (Wildman–Crippen LogP) is 0.464. The van der Waals surface area contributed by atoms with E-state index in [2.05, 4.69) is 0 Å². The van der Waals surface area contributed by atoms with Crippen LogP contribution in [0.15, 0.2) is 18.2 Å². The summed E-state index contributed by atoms with van der Waals surface area (Å²) in [5, 5.41) is 63.3. The van der Waals surface area contributed by atoms with Crippen molar-refractivity contribution in [2.45, 2.75) is 69.1 Å². The van der Waals surface area contributed by atoms with Crippen molar-refractivity contribution in [2.75, 3.05) is 7.11 Å². The summed E-state index contributed by atoms with van der Waals surface area (Å²) in [6.07, 6.45) is -8.04. The van der Waals surface area contributed by atoms with Crippen molar-refractivity contribution in [1.82, 2.24) is 0 Å². The summed E-state index contributed by atoms with van der Waals surface area (Å²) in [5.74, 6) is -2.25. The van der Waals surface area contributed by atoms with E-state index in [0.29, 0.717) is 5.56 Å². The quantitative estimate of drug-likeness (QED) is 0.284. The molecule has 0 radical (unpaired) electrons. The zero-order valence-electron chi connectivity index (χ0n) is 20.3. The van der Waals surface area contributed by atoms with E-state index in [1.165, 1.54) is 39.2 Å². The number of aromatic hydroxyl groups is 2. The first kappa shape index (κ1) is 25.6. The van der Waals surface area contributed by atoms with Crippen LogP contribution in [0, 0.1) is 0 Å². The monoisotopic (exact) mass is 516 g/mol. The third kappa shape index (κ3) is 3.99. The molecule has 2 aliphatic carbocycles. The minimum atomic E-state index is -1.64. The average molecular weight is 516 g/mol. The van der Waals surface area contributed by atoms with Gasteiger partial charge in [-0.15, -0.1) is 0 Å². The molecule has 11 nitrogen and oxygen atoms in total. The maximum atomic E-state index is 13.5. The molecule has 37 heavy (non-hydrogen) atoms. The van der Waals surface area contributed by atoms with Crippen molar-refractivity contribution >= 4 is 11.6 Å². The van der Waals surface area contributed by atoms with Crippen LogP contribution in [0.3, 0.4) is 0 Å². The Morgan fingerprint density at radius 1 is 0.973 bits per heavy atom. The molecule has 2 aromatic rings. The molecule has 6 N–H and O–H groups in total. The van der Waals surface area contributed by atoms with Crippen LogP contribution in [-0.4, -0.2) is 85.6 Å². The minimum absolute atomic E-state index is 0.0204. The highest BCUT2D eigenvalue weighted by molar-refractivity contribution is 6.30. The van der Waals surface area contributed by atoms with Gasteiger partial charge in [-0.05, 0) is 31.5 Å². The Balaban J connectivity index is 1.61. The Hall–Kier alpha value is -3.06. The number of benzene rings is 2. The minimum Gasteiger partial charge on any atom is -0.507 e. The van der Waals surface area contributed by atoms with Gasteiger partial charge in [-0.2, -0.15) is 0 Å². The van der Waals surface area contributed by atoms with E-state index in [1.807, 2.05) is 0 Å². The molecule has 1 fully saturated rings. The van der Waals surface area contributed by atoms with Crippen LogP contribution in [0.2, 0.25) is 0 Å². The normalized spacial score (nSPS) is 32.9. The molecule has 11 heteroatoms. The SMILES string of the molecule is COc1cc(O)c2c(c1)C(=O)c1cc3c(c(O)c1C2=O)[C@@H](O[C@@H]1O[C@@H](C)[C@H](O)[C@@H](O)[C@H]1O)C[C@](C)(O)C3. The fourth-order valence-corrected chi connectivity index (χ4v) is 5.45. The van der Waals surface area contributed by atoms with Crippen LogP contribution in [0.1, 0.15) is 69.3 Å². The fraction of sp³-hybridized carbons (Fsp3) is 0.462. The van der Waals surface area contributed by atoms with Gasteiger partial charge in [-0.1, -0.05) is 0 Å². The standard InChI is InChI=1S/C26H28O11/c1-9-19(28)23(32)24(33)25(36-9)37-15-8-26(2,34)7-10-4-12-18(21(30)16(10)15)22(31)17-13(20(12)29)5-11(35-3)6-14(17)27/h4-6,9,15,19,23-25,27-28,30,32-34H,7-8H2,1-3H3/t9-,15-,19-,23+,24+,25-,26+/m0/s1. The summed E-state index contributed by atoms with van der Waals surface area (Å²) in [5.41, 5.74) is -1.67. The Labute approximate surface area is 211 Å². The molecule has 1 aliphatic heterocycles. The Kier molecular flexibility index (Phi) is 6.06. The fourth-order valence-electron chi connectivity index (χ4n) is 5.45. The molecule has 1 saturated heterocycles. The molecular formula is C26H28O11. The second-order valence-corrected chi connectivity index (χ2v) is 10.1. The average Bonchev–Trinajstić information content (AvgIpc) is 2.82. The second kappa shape index (κ2) is 8.76. The smallest absolute Gasteiger partial charge is 0.201 e. The lowest BCUT2D eigenvalue weighted by atomic mass is 9.74. The molecule has 198 valence electrons. The zero-order chi connectivity index (χ0) is 27.0. The van der Waals surface area contributed by atoms with E-state index in [0.717, 1.165) is 0 Å². The van der Waals surface area contributed by atoms with Gasteiger partial charge in [0.1, 0.15) is 35.6 Å². The van der Waals surface area contributed by atoms with E-state index in [4.69, 9.17) is 14.2 Å². The molecule has 0 aromatic heterocycles. The number of rotatable bonds is 3. The van der Waals surface area contributed by atoms with Crippen LogP contribution < -0.4 is 4.74 Å². The number of phenols is 2. The molecule has 0 bridgehead atoms. The maximum absolute atomic E-state index is 13.5. The highest BCUT2D eigenvalue weighted by atomic mass is 16.7. The van der Waals surface area contributed by atoms with Crippen LogP contribution in [-0.2, 0) is 15.9 Å². The summed E-state index contributed by atoms with van der Waals surface area (Å²) in [6, 6.07) is 3.93. The molecule has 0 spiro atoms. The number of fused-ring (bicyclic) bond motifs is 3. The zero-order valence-corrected chi connectivity index (χ0v) is 20.3. The first-order valence-electron chi connectivity index (χ1n) is 11.8. The molecular weight excluding hydrogens is 488 g/mol. The van der Waals surface area contributed by atoms with Gasteiger partial charge < -0.3 is 44.8 Å². The second-order valence-electron chi connectivity index (χ2n) is 10.1. The van der Waals surface area contributed by atoms with Crippen molar-refractivity contribution in [3.8, 4) is 17.2 Å². The van der Waals surface area contributed by atoms with Crippen LogP contribution in [0.4, 0.5) is 0 Å². The largest absolute Gasteiger partial charge is 0.507 e. The summed E-state index contributed by atoms with van der Waals surface area (Å²) >= 11 is 0. The highest BCUT2D eigenvalue weighted by Gasteiger charge is 2.47. The number of methoxy groups -OCH3 is 1. The lowest BCUT2D eigenvalue weighted by Gasteiger charge is -2.43. The lowest BCUT2D eigenvalue weighted by Crippen LogP contribution is -2.57. The molecule has 0 amide bonds. The number of ketones is 2. The topological polar surface area (TPSA) is 183 Å². The lowest BCUT2D eigenvalue weighted by molar-refractivity contribution is -0.308. The number of aliphatic hydroxyl groups excluding tert-OH is 3. The number of ether oxygens (including phenoxy) is 3. The molecule has 0 unspecified atom stereocenters. The summed E-state index contributed by atoms with van der Waals surface area (Å²) in [6.45, 7) is 3.02. The van der Waals surface area contributed by atoms with Gasteiger partial charge in [0.15, 0.2) is 12.1 Å². The molecule has 5 rings (SSSR count). The third-order valence-electron chi connectivity index (χ3n) is 7.32. The Bertz CT molecular complexity index is 1300. The van der Waals surface area contributed by atoms with Crippen LogP contribution >= 0.6 is 0 Å². The van der Waals surface area contributed by atoms with Crippen LogP contribution in [0.5, 0.6) is 17.2 Å². The number of hydrogen-bond donors (Lipinski definition) is 6. The number of hydrogen-bond acceptors (Lipinski definition) is 11. The van der Waals surface area contributed by atoms with Gasteiger partial charge in [0.05, 0.1) is 36.0 Å². The molecule has 2 aromatic carbocycles. The van der Waals surface area contributed by atoms with Gasteiger partial charge in [0.25, 0.3) is 0 Å². The van der Waals surface area contributed by atoms with Gasteiger partial charge >= 0.3 is 0 Å². The molecule has 1 heterocycles. The maximum Gasteiger partial charge on any atom is 0.201 e. The number of aliphatic hydroxyl groups is 4. The van der Waals surface area contributed by atoms with E-state index in [1.54, 1.807) is 0 Å². The van der Waals surface area contributed by atoms with Crippen molar-refractivity contribution in [3.05, 3.63) is 51.6 Å². The van der Waals surface area contributed by atoms with Crippen molar-refractivity contribution < 1.29 is 54.4 Å². The molecule has 7 atom stereocenters. The van der Waals surface area contributed by atoms with Crippen molar-refractivity contribution in [3.63, 3.8) is 0 Å². The number of carbonyl (C=O) groups excluding carboxylic acids is 2. The van der Waals surface area contributed by atoms with Gasteiger partial charge in [0, 0.05) is 35.6 Å². The summed E-state index contributed by atoms with van der Waals surface area (Å²) < 4.78 is 16.6. The van der Waals surface area contributed by atoms with Gasteiger partial charge in [-0.25, -0.2) is 0 Å². The van der Waals surface area contributed by atoms with Crippen molar-refractivity contribution in [1.29, 1.82) is 0 Å². The Morgan fingerprint density at radius 3 is 2.32 bits per heavy atom. The van der Waals surface area contributed by atoms with E-state index in [9.17, 15) is 40.2 Å². The van der Waals surface area contributed by atoms with Crippen LogP contribution in [0.25, 0.3) is 0 Å². The van der Waals surface area contributed by atoms with E-state index in [-0.39, 0.29) is 46.4 Å². The highest BCUT2D eigenvalue weighted by Crippen LogP contribution is 2.48. The number of carbonyl (C=O) groups is 2. The van der Waals surface area contributed by atoms with Gasteiger partial charge in [0.2, 0.25) is 5.78 Å².